The minimum Gasteiger partial charge on any atom is -0.461 e. The topological polar surface area (TPSA) is 76.1 Å². The number of halogens is 1. The van der Waals surface area contributed by atoms with Crippen molar-refractivity contribution in [1.29, 1.82) is 5.26 Å². The number of rotatable bonds is 4. The number of hydrogen-bond donors (Lipinski definition) is 1. The molecule has 0 atom stereocenters. The number of nitrogen functional groups attached to an aromatic ring is 1. The van der Waals surface area contributed by atoms with Gasteiger partial charge in [-0.25, -0.2) is 9.18 Å². The van der Waals surface area contributed by atoms with Crippen LogP contribution in [0.3, 0.4) is 0 Å². The summed E-state index contributed by atoms with van der Waals surface area (Å²) in [4.78, 5) is 11.8. The molecule has 0 unspecified atom stereocenters. The van der Waals surface area contributed by atoms with E-state index in [1.807, 2.05) is 0 Å². The Morgan fingerprint density at radius 2 is 2.26 bits per heavy atom. The van der Waals surface area contributed by atoms with Crippen LogP contribution in [0.2, 0.25) is 0 Å². The Morgan fingerprint density at radius 1 is 1.58 bits per heavy atom. The normalized spacial score (nSPS) is 15.6. The Labute approximate surface area is 111 Å². The van der Waals surface area contributed by atoms with Crippen LogP contribution < -0.4 is 5.73 Å². The van der Waals surface area contributed by atoms with Crippen LogP contribution in [0, 0.1) is 29.5 Å². The number of hydrogen-bond acceptors (Lipinski definition) is 4. The fraction of sp³-hybridized carbons (Fsp3) is 0.429. The van der Waals surface area contributed by atoms with Gasteiger partial charge < -0.3 is 10.5 Å². The van der Waals surface area contributed by atoms with Gasteiger partial charge in [-0.3, -0.25) is 0 Å². The van der Waals surface area contributed by atoms with Gasteiger partial charge in [0.2, 0.25) is 0 Å². The molecule has 1 saturated carbocycles. The van der Waals surface area contributed by atoms with E-state index in [1.165, 1.54) is 6.07 Å². The molecule has 1 fully saturated rings. The molecule has 0 spiro atoms. The number of ether oxygens (including phenoxy) is 1. The molecule has 4 nitrogen and oxygen atoms in total. The van der Waals surface area contributed by atoms with E-state index >= 15 is 0 Å². The second-order valence-corrected chi connectivity index (χ2v) is 5.08. The molecule has 2 rings (SSSR count). The van der Waals surface area contributed by atoms with Crippen molar-refractivity contribution < 1.29 is 13.9 Å². The van der Waals surface area contributed by atoms with E-state index in [1.54, 1.807) is 6.92 Å². The summed E-state index contributed by atoms with van der Waals surface area (Å²) in [5, 5.41) is 8.67. The molecule has 0 heterocycles. The molecule has 0 saturated heterocycles. The molecule has 1 aliphatic carbocycles. The largest absolute Gasteiger partial charge is 0.461 e. The molecule has 100 valence electrons. The predicted molar refractivity (Wildman–Crippen MR) is 67.7 cm³/mol. The van der Waals surface area contributed by atoms with Crippen LogP contribution >= 0.6 is 0 Å². The third-order valence-electron chi connectivity index (χ3n) is 3.54. The van der Waals surface area contributed by atoms with E-state index in [0.29, 0.717) is 12.0 Å². The van der Waals surface area contributed by atoms with Crippen molar-refractivity contribution in [2.24, 2.45) is 5.41 Å². The molecule has 5 heteroatoms. The number of nitrogens with zero attached hydrogens (tertiary/aromatic N) is 1. The van der Waals surface area contributed by atoms with Crippen LogP contribution in [0.1, 0.15) is 35.2 Å². The number of nitriles is 1. The highest BCUT2D eigenvalue weighted by Gasteiger charge is 2.43. The van der Waals surface area contributed by atoms with Gasteiger partial charge in [-0.2, -0.15) is 5.26 Å². The fourth-order valence-electron chi connectivity index (χ4n) is 1.84. The van der Waals surface area contributed by atoms with Crippen molar-refractivity contribution in [1.82, 2.24) is 0 Å². The predicted octanol–water partition coefficient (Wildman–Crippen LogP) is 2.57. The fourth-order valence-corrected chi connectivity index (χ4v) is 1.84. The number of anilines is 1. The zero-order valence-corrected chi connectivity index (χ0v) is 10.7. The van der Waals surface area contributed by atoms with Crippen LogP contribution in [0.4, 0.5) is 10.1 Å². The second-order valence-electron chi connectivity index (χ2n) is 5.08. The second kappa shape index (κ2) is 4.88. The van der Waals surface area contributed by atoms with Crippen molar-refractivity contribution in [2.75, 3.05) is 12.3 Å². The highest BCUT2D eigenvalue weighted by Crippen LogP contribution is 2.48. The summed E-state index contributed by atoms with van der Waals surface area (Å²) in [5.74, 6) is -1.13. The Kier molecular flexibility index (Phi) is 3.43. The van der Waals surface area contributed by atoms with Gasteiger partial charge in [-0.05, 0) is 31.9 Å². The van der Waals surface area contributed by atoms with Crippen LogP contribution in [-0.2, 0) is 4.74 Å². The molecule has 1 aromatic rings. The van der Waals surface area contributed by atoms with E-state index in [4.69, 9.17) is 15.7 Å². The Morgan fingerprint density at radius 3 is 2.79 bits per heavy atom. The summed E-state index contributed by atoms with van der Waals surface area (Å²) < 4.78 is 18.6. The van der Waals surface area contributed by atoms with E-state index < -0.39 is 11.8 Å². The minimum atomic E-state index is -0.602. The molecule has 19 heavy (non-hydrogen) atoms. The van der Waals surface area contributed by atoms with Gasteiger partial charge in [-0.15, -0.1) is 0 Å². The van der Waals surface area contributed by atoms with E-state index in [2.05, 4.69) is 6.07 Å². The highest BCUT2D eigenvalue weighted by atomic mass is 19.1. The van der Waals surface area contributed by atoms with E-state index in [-0.39, 0.29) is 23.3 Å². The van der Waals surface area contributed by atoms with Gasteiger partial charge in [-0.1, -0.05) is 0 Å². The standard InChI is InChI=1S/C14H15FN2O2/c1-9-11(15)6-10(7-12(9)17)13(18)19-8-14(2-3-14)4-5-16/h6-7H,2-4,8,17H2,1H3. The van der Waals surface area contributed by atoms with Gasteiger partial charge >= 0.3 is 5.97 Å². The van der Waals surface area contributed by atoms with Crippen LogP contribution in [-0.4, -0.2) is 12.6 Å². The molecule has 2 N–H and O–H groups in total. The lowest BCUT2D eigenvalue weighted by molar-refractivity contribution is 0.0419. The van der Waals surface area contributed by atoms with E-state index in [9.17, 15) is 9.18 Å². The Bertz CT molecular complexity index is 536. The smallest absolute Gasteiger partial charge is 0.338 e. The van der Waals surface area contributed by atoms with Crippen molar-refractivity contribution in [3.8, 4) is 6.07 Å². The molecule has 0 bridgehead atoms. The highest BCUT2D eigenvalue weighted by molar-refractivity contribution is 5.90. The zero-order valence-electron chi connectivity index (χ0n) is 10.7. The quantitative estimate of drug-likeness (QED) is 0.668. The summed E-state index contributed by atoms with van der Waals surface area (Å²) in [6.45, 7) is 1.75. The first-order valence-electron chi connectivity index (χ1n) is 6.07. The summed E-state index contributed by atoms with van der Waals surface area (Å²) in [6, 6.07) is 4.62. The molecular formula is C14H15FN2O2. The molecule has 0 amide bonds. The van der Waals surface area contributed by atoms with E-state index in [0.717, 1.165) is 18.9 Å². The lowest BCUT2D eigenvalue weighted by Crippen LogP contribution is -2.15. The minimum absolute atomic E-state index is 0.105. The van der Waals surface area contributed by atoms with Crippen LogP contribution in [0.25, 0.3) is 0 Å². The summed E-state index contributed by atoms with van der Waals surface area (Å²) in [5.41, 5.74) is 6.08. The summed E-state index contributed by atoms with van der Waals surface area (Å²) >= 11 is 0. The average molecular weight is 262 g/mol. The van der Waals surface area contributed by atoms with Crippen molar-refractivity contribution in [3.05, 3.63) is 29.1 Å². The van der Waals surface area contributed by atoms with Gasteiger partial charge in [0.25, 0.3) is 0 Å². The van der Waals surface area contributed by atoms with Gasteiger partial charge in [0.1, 0.15) is 5.82 Å². The van der Waals surface area contributed by atoms with Crippen LogP contribution in [0.15, 0.2) is 12.1 Å². The first-order chi connectivity index (χ1) is 8.97. The lowest BCUT2D eigenvalue weighted by Gasteiger charge is -2.12. The number of esters is 1. The lowest BCUT2D eigenvalue weighted by atomic mass is 10.1. The summed E-state index contributed by atoms with van der Waals surface area (Å²) in [6.07, 6.45) is 2.15. The van der Waals surface area contributed by atoms with Crippen LogP contribution in [0.5, 0.6) is 0 Å². The number of nitrogens with two attached hydrogens (primary N) is 1. The first kappa shape index (κ1) is 13.3. The van der Waals surface area contributed by atoms with Crippen molar-refractivity contribution in [3.63, 3.8) is 0 Å². The number of carbonyl (C=O) groups is 1. The van der Waals surface area contributed by atoms with Crippen molar-refractivity contribution in [2.45, 2.75) is 26.2 Å². The van der Waals surface area contributed by atoms with Gasteiger partial charge in [0.15, 0.2) is 0 Å². The third kappa shape index (κ3) is 2.84. The van der Waals surface area contributed by atoms with Crippen molar-refractivity contribution >= 4 is 11.7 Å². The maximum absolute atomic E-state index is 13.5. The molecule has 0 radical (unpaired) electrons. The van der Waals surface area contributed by atoms with Gasteiger partial charge in [0.05, 0.1) is 18.2 Å². The van der Waals surface area contributed by atoms with Gasteiger partial charge in [0, 0.05) is 23.1 Å². The number of carbonyl (C=O) groups excluding carboxylic acids is 1. The Balaban J connectivity index is 2.03. The molecule has 0 aliphatic heterocycles. The maximum atomic E-state index is 13.5. The maximum Gasteiger partial charge on any atom is 0.338 e. The average Bonchev–Trinajstić information content (AvgIpc) is 3.13. The third-order valence-corrected chi connectivity index (χ3v) is 3.54. The molecule has 1 aliphatic rings. The molecule has 0 aromatic heterocycles. The number of benzene rings is 1. The zero-order chi connectivity index (χ0) is 14.0. The Hall–Kier alpha value is -2.09. The summed E-state index contributed by atoms with van der Waals surface area (Å²) in [7, 11) is 0. The first-order valence-corrected chi connectivity index (χ1v) is 6.07. The SMILES string of the molecule is Cc1c(N)cc(C(=O)OCC2(CC#N)CC2)cc1F. The monoisotopic (exact) mass is 262 g/mol. The molecular weight excluding hydrogens is 247 g/mol. The molecule has 1 aromatic carbocycles.